The Kier molecular flexibility index (Phi) is 7.93. The fraction of sp³-hybridized carbons (Fsp3) is 0.0417. The summed E-state index contributed by atoms with van der Waals surface area (Å²) >= 11 is 1.75. The number of allylic oxidation sites excluding steroid dienone is 8. The highest BCUT2D eigenvalue weighted by Crippen LogP contribution is 2.44. The number of hydrogen-bond acceptors (Lipinski definition) is 7. The number of methoxy groups -OCH3 is 1. The quantitative estimate of drug-likeness (QED) is 0.544. The van der Waals surface area contributed by atoms with E-state index in [-0.39, 0.29) is 0 Å². The number of nitrogen functional groups attached to an aromatic ring is 1. The lowest BCUT2D eigenvalue weighted by Gasteiger charge is -2.19. The highest BCUT2D eigenvalue weighted by atomic mass is 35.7. The molecule has 4 rings (SSSR count). The summed E-state index contributed by atoms with van der Waals surface area (Å²) in [6, 6.07) is 16.1. The number of ether oxygens (including phenoxy) is 1. The Hall–Kier alpha value is -3.11. The number of hydrogen-bond donors (Lipinski definition) is 2. The summed E-state index contributed by atoms with van der Waals surface area (Å²) in [4.78, 5) is 2.36. The van der Waals surface area contributed by atoms with E-state index in [1.165, 1.54) is 9.81 Å². The lowest BCUT2D eigenvalue weighted by atomic mass is 10.0. The fourth-order valence-corrected chi connectivity index (χ4v) is 4.15. The van der Waals surface area contributed by atoms with Crippen LogP contribution in [0.2, 0.25) is 0 Å². The Bertz CT molecular complexity index is 1150. The molecule has 33 heavy (non-hydrogen) atoms. The Labute approximate surface area is 197 Å². The van der Waals surface area contributed by atoms with Gasteiger partial charge in [-0.3, -0.25) is 5.41 Å². The summed E-state index contributed by atoms with van der Waals surface area (Å²) < 4.78 is 39.3. The van der Waals surface area contributed by atoms with Gasteiger partial charge in [-0.1, -0.05) is 36.0 Å². The van der Waals surface area contributed by atoms with E-state index in [4.69, 9.17) is 34.5 Å². The lowest BCUT2D eigenvalue weighted by molar-refractivity contribution is -2.00. The van der Waals surface area contributed by atoms with Crippen molar-refractivity contribution >= 4 is 33.6 Å². The largest absolute Gasteiger partial charge is 0.497 e. The zero-order valence-electron chi connectivity index (χ0n) is 17.6. The molecular formula is C24H21ClN2O5S. The summed E-state index contributed by atoms with van der Waals surface area (Å²) in [7, 11) is -3.27. The molecule has 0 radical (unpaired) electrons. The Morgan fingerprint density at radius 1 is 0.818 bits per heavy atom. The van der Waals surface area contributed by atoms with Gasteiger partial charge in [0.15, 0.2) is 5.71 Å². The number of halogens is 1. The first-order valence-corrected chi connectivity index (χ1v) is 11.6. The van der Waals surface area contributed by atoms with Crippen LogP contribution in [0.5, 0.6) is 5.75 Å². The van der Waals surface area contributed by atoms with Crippen molar-refractivity contribution in [1.82, 2.24) is 0 Å². The van der Waals surface area contributed by atoms with E-state index in [2.05, 4.69) is 48.6 Å². The van der Waals surface area contributed by atoms with Crippen molar-refractivity contribution in [2.24, 2.45) is 0 Å². The monoisotopic (exact) mass is 484 g/mol. The van der Waals surface area contributed by atoms with Crippen LogP contribution in [0.25, 0.3) is 10.5 Å². The molecule has 0 spiro atoms. The molecule has 2 aliphatic rings. The molecule has 2 aromatic rings. The van der Waals surface area contributed by atoms with Crippen LogP contribution < -0.4 is 34.5 Å². The molecule has 4 N–H and O–H groups in total. The average molecular weight is 485 g/mol. The summed E-state index contributed by atoms with van der Waals surface area (Å²) in [6.45, 7) is 0. The van der Waals surface area contributed by atoms with Crippen molar-refractivity contribution < 1.29 is 39.0 Å². The van der Waals surface area contributed by atoms with Crippen molar-refractivity contribution in [3.05, 3.63) is 107 Å². The molecule has 0 bridgehead atoms. The molecule has 0 fully saturated rings. The molecule has 0 unspecified atom stereocenters. The van der Waals surface area contributed by atoms with E-state index >= 15 is 0 Å². The van der Waals surface area contributed by atoms with E-state index in [1.807, 2.05) is 36.4 Å². The van der Waals surface area contributed by atoms with Crippen LogP contribution in [0, 0.1) is 10.2 Å². The zero-order valence-corrected chi connectivity index (χ0v) is 19.1. The van der Waals surface area contributed by atoms with Crippen molar-refractivity contribution in [2.75, 3.05) is 12.8 Å². The van der Waals surface area contributed by atoms with Crippen LogP contribution >= 0.6 is 11.8 Å². The first-order chi connectivity index (χ1) is 15.6. The minimum absolute atomic E-state index is 0.763. The van der Waals surface area contributed by atoms with Gasteiger partial charge in [0.05, 0.1) is 7.11 Å². The first kappa shape index (κ1) is 24.5. The predicted octanol–water partition coefficient (Wildman–Crippen LogP) is -0.727. The minimum atomic E-state index is -4.94. The van der Waals surface area contributed by atoms with Crippen LogP contribution in [-0.2, 0) is 0 Å². The number of nitrogens with two attached hydrogens (primary N) is 2. The minimum Gasteiger partial charge on any atom is -0.497 e. The molecule has 0 amide bonds. The summed E-state index contributed by atoms with van der Waals surface area (Å²) in [5.41, 5.74) is 12.0. The van der Waals surface area contributed by atoms with Gasteiger partial charge in [0.2, 0.25) is 0 Å². The molecule has 1 aliphatic carbocycles. The number of thioether (sulfide) groups is 1. The van der Waals surface area contributed by atoms with Gasteiger partial charge in [0.1, 0.15) is 5.75 Å². The molecule has 0 saturated carbocycles. The Balaban J connectivity index is 0.000000555. The van der Waals surface area contributed by atoms with Crippen LogP contribution in [0.3, 0.4) is 0 Å². The van der Waals surface area contributed by atoms with Gasteiger partial charge in [-0.15, -0.1) is 10.2 Å². The van der Waals surface area contributed by atoms with Gasteiger partial charge in [-0.05, 0) is 70.8 Å². The second kappa shape index (κ2) is 10.7. The normalized spacial score (nSPS) is 15.5. The van der Waals surface area contributed by atoms with Crippen molar-refractivity contribution in [1.29, 1.82) is 0 Å². The number of benzene rings is 2. The van der Waals surface area contributed by atoms with Gasteiger partial charge in [-0.25, -0.2) is 18.6 Å². The van der Waals surface area contributed by atoms with Crippen LogP contribution in [0.1, 0.15) is 11.1 Å². The Morgan fingerprint density at radius 3 is 1.91 bits per heavy atom. The number of anilines is 1. The fourth-order valence-electron chi connectivity index (χ4n) is 3.03. The predicted molar refractivity (Wildman–Crippen MR) is 120 cm³/mol. The molecule has 7 nitrogen and oxygen atoms in total. The van der Waals surface area contributed by atoms with Crippen molar-refractivity contribution in [2.45, 2.75) is 0 Å². The SMILES string of the molecule is COc1ccc(C2=CC(=C3C=CC(=[NH2+])C=C3)SC(c3ccc(N)cc3)=C2)cc1.[O-][Cl+3]([O-])([O-])[O-]. The zero-order chi connectivity index (χ0) is 24.0. The molecule has 0 saturated heterocycles. The average Bonchev–Trinajstić information content (AvgIpc) is 2.79. The van der Waals surface area contributed by atoms with Gasteiger partial charge >= 0.3 is 0 Å². The smallest absolute Gasteiger partial charge is 0.196 e. The van der Waals surface area contributed by atoms with E-state index in [0.717, 1.165) is 39.4 Å². The third-order valence-electron chi connectivity index (χ3n) is 4.61. The van der Waals surface area contributed by atoms with Crippen LogP contribution in [-0.4, -0.2) is 12.8 Å². The Morgan fingerprint density at radius 2 is 1.36 bits per heavy atom. The lowest BCUT2D eigenvalue weighted by Crippen LogP contribution is -2.68. The second-order valence-corrected chi connectivity index (χ2v) is 8.76. The molecule has 1 aliphatic heterocycles. The highest BCUT2D eigenvalue weighted by Gasteiger charge is 2.16. The topological polar surface area (TPSA) is 153 Å². The van der Waals surface area contributed by atoms with E-state index in [9.17, 15) is 0 Å². The molecule has 9 heteroatoms. The molecule has 0 aromatic heterocycles. The van der Waals surface area contributed by atoms with Crippen LogP contribution in [0.4, 0.5) is 5.69 Å². The van der Waals surface area contributed by atoms with Crippen molar-refractivity contribution in [3.8, 4) is 5.75 Å². The maximum absolute atomic E-state index is 8.49. The third-order valence-corrected chi connectivity index (χ3v) is 5.75. The first-order valence-electron chi connectivity index (χ1n) is 9.58. The van der Waals surface area contributed by atoms with Gasteiger partial charge < -0.3 is 10.5 Å². The highest BCUT2D eigenvalue weighted by molar-refractivity contribution is 8.12. The van der Waals surface area contributed by atoms with E-state index in [1.54, 1.807) is 18.9 Å². The van der Waals surface area contributed by atoms with Gasteiger partial charge in [-0.2, -0.15) is 0 Å². The molecular weight excluding hydrogens is 464 g/mol. The maximum atomic E-state index is 8.49. The summed E-state index contributed by atoms with van der Waals surface area (Å²) in [5, 5.41) is 5.87. The standard InChI is InChI=1S/C24H20N2OS.ClHO4/c1-27-22-12-6-16(7-13-22)19-14-23(17-2-8-20(25)9-3-17)28-24(15-19)18-4-10-21(26)11-5-18;2-1(3,4)5/h2-15,25H,26H2,1H3;(H,2,3,4,5). The maximum Gasteiger partial charge on any atom is 0.196 e. The van der Waals surface area contributed by atoms with E-state index in [0.29, 0.717) is 0 Å². The van der Waals surface area contributed by atoms with Crippen molar-refractivity contribution in [3.63, 3.8) is 0 Å². The molecule has 1 heterocycles. The second-order valence-electron chi connectivity index (χ2n) is 6.93. The van der Waals surface area contributed by atoms with Gasteiger partial charge in [0.25, 0.3) is 0 Å². The molecule has 170 valence electrons. The van der Waals surface area contributed by atoms with Crippen LogP contribution in [0.15, 0.2) is 95.5 Å². The molecule has 2 aromatic carbocycles. The van der Waals surface area contributed by atoms with E-state index < -0.39 is 10.2 Å². The number of rotatable bonds is 3. The van der Waals surface area contributed by atoms with Gasteiger partial charge in [0, 0.05) is 27.6 Å². The molecule has 0 atom stereocenters. The summed E-state index contributed by atoms with van der Waals surface area (Å²) in [5.74, 6) is 0.847. The summed E-state index contributed by atoms with van der Waals surface area (Å²) in [6.07, 6.45) is 12.4. The third kappa shape index (κ3) is 7.47.